The van der Waals surface area contributed by atoms with Crippen LogP contribution in [-0.4, -0.2) is 23.3 Å². The molecule has 2 atom stereocenters. The summed E-state index contributed by atoms with van der Waals surface area (Å²) in [6.07, 6.45) is 11.7. The van der Waals surface area contributed by atoms with Gasteiger partial charge < -0.3 is 4.74 Å². The van der Waals surface area contributed by atoms with Crippen LogP contribution in [0, 0.1) is 10.1 Å². The van der Waals surface area contributed by atoms with E-state index in [1.54, 1.807) is 6.08 Å². The van der Waals surface area contributed by atoms with Gasteiger partial charge in [-0.2, -0.15) is 0 Å². The molecular weight excluding hydrogens is 292 g/mol. The quantitative estimate of drug-likeness (QED) is 0.300. The molecular formula is C18H28N2O3. The summed E-state index contributed by atoms with van der Waals surface area (Å²) in [4.78, 5) is 11.0. The van der Waals surface area contributed by atoms with E-state index in [0.717, 1.165) is 18.4 Å². The number of nitrogens with zero attached hydrogens (tertiary/aromatic N) is 1. The van der Waals surface area contributed by atoms with Crippen LogP contribution in [0.3, 0.4) is 0 Å². The molecule has 0 aromatic rings. The Hall–Kier alpha value is -1.72. The molecule has 0 amide bonds. The maximum Gasteiger partial charge on any atom is 0.246 e. The number of rotatable bonds is 9. The first-order valence-corrected chi connectivity index (χ1v) is 8.16. The summed E-state index contributed by atoms with van der Waals surface area (Å²) in [6.45, 7) is 10.2. The van der Waals surface area contributed by atoms with Crippen LogP contribution in [0.1, 0.15) is 46.5 Å². The highest BCUT2D eigenvalue weighted by atomic mass is 16.6. The summed E-state index contributed by atoms with van der Waals surface area (Å²) in [5.74, 6) is 0. The second kappa shape index (κ2) is 9.43. The lowest BCUT2D eigenvalue weighted by Gasteiger charge is -2.27. The highest BCUT2D eigenvalue weighted by Gasteiger charge is 2.38. The summed E-state index contributed by atoms with van der Waals surface area (Å²) in [6, 6.07) is 0.240. The molecule has 23 heavy (non-hydrogen) atoms. The molecule has 1 aliphatic rings. The number of allylic oxidation sites excluding steroid dienone is 6. The van der Waals surface area contributed by atoms with Crippen molar-refractivity contribution in [2.75, 3.05) is 6.61 Å². The molecule has 1 aliphatic heterocycles. The van der Waals surface area contributed by atoms with Crippen molar-refractivity contribution >= 4 is 0 Å². The van der Waals surface area contributed by atoms with Gasteiger partial charge >= 0.3 is 0 Å². The van der Waals surface area contributed by atoms with E-state index in [1.807, 2.05) is 45.1 Å². The van der Waals surface area contributed by atoms with Crippen molar-refractivity contribution in [3.63, 3.8) is 0 Å². The van der Waals surface area contributed by atoms with E-state index in [9.17, 15) is 10.1 Å². The van der Waals surface area contributed by atoms with Crippen LogP contribution in [0.25, 0.3) is 0 Å². The number of ether oxygens (including phenoxy) is 1. The second-order valence-electron chi connectivity index (χ2n) is 5.71. The third-order valence-corrected chi connectivity index (χ3v) is 4.10. The predicted molar refractivity (Wildman–Crippen MR) is 93.6 cm³/mol. The molecule has 1 saturated heterocycles. The monoisotopic (exact) mass is 320 g/mol. The molecule has 5 nitrogen and oxygen atoms in total. The highest BCUT2D eigenvalue weighted by Crippen LogP contribution is 2.28. The molecule has 2 unspecified atom stereocenters. The van der Waals surface area contributed by atoms with Gasteiger partial charge in [0.15, 0.2) is 0 Å². The first-order chi connectivity index (χ1) is 11.0. The molecule has 1 fully saturated rings. The Morgan fingerprint density at radius 1 is 1.52 bits per heavy atom. The molecule has 128 valence electrons. The van der Waals surface area contributed by atoms with Gasteiger partial charge in [-0.15, -0.1) is 6.58 Å². The number of nitrogens with one attached hydrogen (secondary N) is 1. The molecule has 0 saturated carbocycles. The fourth-order valence-corrected chi connectivity index (χ4v) is 2.73. The summed E-state index contributed by atoms with van der Waals surface area (Å²) in [5, 5.41) is 14.8. The molecule has 1 N–H and O–H groups in total. The minimum atomic E-state index is -0.473. The molecule has 0 bridgehead atoms. The topological polar surface area (TPSA) is 64.4 Å². The molecule has 0 aromatic heterocycles. The zero-order chi connectivity index (χ0) is 17.3. The van der Waals surface area contributed by atoms with E-state index in [2.05, 4.69) is 11.9 Å². The van der Waals surface area contributed by atoms with Crippen LogP contribution < -0.4 is 5.32 Å². The summed E-state index contributed by atoms with van der Waals surface area (Å²) < 4.78 is 5.93. The van der Waals surface area contributed by atoms with E-state index in [0.29, 0.717) is 19.4 Å². The molecule has 1 rings (SSSR count). The Morgan fingerprint density at radius 3 is 2.78 bits per heavy atom. The van der Waals surface area contributed by atoms with Gasteiger partial charge in [0.1, 0.15) is 5.72 Å². The van der Waals surface area contributed by atoms with Crippen molar-refractivity contribution in [3.05, 3.63) is 58.3 Å². The summed E-state index contributed by atoms with van der Waals surface area (Å²) in [5.41, 5.74) is 0.579. The minimum absolute atomic E-state index is 0.210. The molecule has 0 radical (unpaired) electrons. The first kappa shape index (κ1) is 19.3. The van der Waals surface area contributed by atoms with Crippen LogP contribution in [0.15, 0.2) is 48.2 Å². The van der Waals surface area contributed by atoms with Crippen molar-refractivity contribution in [2.45, 2.75) is 58.2 Å². The number of hydrogen-bond acceptors (Lipinski definition) is 4. The van der Waals surface area contributed by atoms with Crippen LogP contribution in [0.4, 0.5) is 0 Å². The smallest absolute Gasteiger partial charge is 0.246 e. The maximum atomic E-state index is 11.3. The van der Waals surface area contributed by atoms with Gasteiger partial charge in [0, 0.05) is 18.5 Å². The van der Waals surface area contributed by atoms with Crippen LogP contribution in [0.2, 0.25) is 0 Å². The third kappa shape index (κ3) is 5.77. The average Bonchev–Trinajstić information content (AvgIpc) is 2.94. The van der Waals surface area contributed by atoms with Crippen molar-refractivity contribution in [1.82, 2.24) is 5.32 Å². The molecule has 1 heterocycles. The average molecular weight is 320 g/mol. The third-order valence-electron chi connectivity index (χ3n) is 4.10. The van der Waals surface area contributed by atoms with Crippen LogP contribution >= 0.6 is 0 Å². The van der Waals surface area contributed by atoms with Crippen molar-refractivity contribution in [3.8, 4) is 0 Å². The van der Waals surface area contributed by atoms with Crippen LogP contribution in [-0.2, 0) is 4.74 Å². The lowest BCUT2D eigenvalue weighted by atomic mass is 10.0. The Balaban J connectivity index is 2.80. The van der Waals surface area contributed by atoms with Gasteiger partial charge in [-0.05, 0) is 38.7 Å². The number of hydrogen-bond donors (Lipinski definition) is 1. The maximum absolute atomic E-state index is 11.3. The Bertz CT molecular complexity index is 508. The summed E-state index contributed by atoms with van der Waals surface area (Å²) in [7, 11) is 0. The lowest BCUT2D eigenvalue weighted by Crippen LogP contribution is -2.43. The highest BCUT2D eigenvalue weighted by molar-refractivity contribution is 5.31. The van der Waals surface area contributed by atoms with Gasteiger partial charge in [-0.25, -0.2) is 0 Å². The van der Waals surface area contributed by atoms with Crippen molar-refractivity contribution in [1.29, 1.82) is 0 Å². The molecule has 5 heteroatoms. The Morgan fingerprint density at radius 2 is 2.26 bits per heavy atom. The van der Waals surface area contributed by atoms with E-state index >= 15 is 0 Å². The van der Waals surface area contributed by atoms with Gasteiger partial charge in [-0.3, -0.25) is 15.4 Å². The van der Waals surface area contributed by atoms with E-state index in [4.69, 9.17) is 4.74 Å². The molecule has 0 aliphatic carbocycles. The van der Waals surface area contributed by atoms with Gasteiger partial charge in [0.05, 0.1) is 11.5 Å². The van der Waals surface area contributed by atoms with Crippen molar-refractivity contribution < 1.29 is 9.66 Å². The van der Waals surface area contributed by atoms with Gasteiger partial charge in [0.2, 0.25) is 5.70 Å². The lowest BCUT2D eigenvalue weighted by molar-refractivity contribution is -0.428. The minimum Gasteiger partial charge on any atom is -0.359 e. The Kier molecular flexibility index (Phi) is 7.92. The van der Waals surface area contributed by atoms with Crippen LogP contribution in [0.5, 0.6) is 0 Å². The second-order valence-corrected chi connectivity index (χ2v) is 5.71. The Labute approximate surface area is 138 Å². The van der Waals surface area contributed by atoms with E-state index < -0.39 is 5.72 Å². The van der Waals surface area contributed by atoms with Crippen molar-refractivity contribution in [2.24, 2.45) is 0 Å². The fraction of sp³-hybridized carbons (Fsp3) is 0.556. The summed E-state index contributed by atoms with van der Waals surface area (Å²) >= 11 is 0. The molecule has 0 aromatic carbocycles. The van der Waals surface area contributed by atoms with Gasteiger partial charge in [0.25, 0.3) is 0 Å². The zero-order valence-corrected chi connectivity index (χ0v) is 14.4. The standard InChI is InChI=1S/C18H28N2O3/c1-5-9-15(7-3)13-17(20(21)22)11-12-18(8-4)19-16(10-6-2)14-23-18/h5-7,9,13,16,19H,2,8,10-12,14H2,1,3-4H3/b9-5-,15-7+,17-13-. The van der Waals surface area contributed by atoms with E-state index in [-0.39, 0.29) is 16.7 Å². The number of nitro groups is 1. The van der Waals surface area contributed by atoms with Gasteiger partial charge in [-0.1, -0.05) is 31.2 Å². The zero-order valence-electron chi connectivity index (χ0n) is 14.4. The predicted octanol–water partition coefficient (Wildman–Crippen LogP) is 4.12. The van der Waals surface area contributed by atoms with E-state index in [1.165, 1.54) is 0 Å². The SMILES string of the molecule is C=CCC1COC(CC)(CC/C(=C/C(/C=C\C)=C/C)[N+](=O)[O-])N1. The fourth-order valence-electron chi connectivity index (χ4n) is 2.73. The molecule has 0 spiro atoms. The first-order valence-electron chi connectivity index (χ1n) is 8.16. The largest absolute Gasteiger partial charge is 0.359 e. The normalized spacial score (nSPS) is 26.0.